The van der Waals surface area contributed by atoms with Crippen LogP contribution in [0.25, 0.3) is 0 Å². The van der Waals surface area contributed by atoms with Crippen LogP contribution in [0, 0.1) is 5.92 Å². The predicted octanol–water partition coefficient (Wildman–Crippen LogP) is 0.434. The highest BCUT2D eigenvalue weighted by molar-refractivity contribution is 6.07. The Morgan fingerprint density at radius 3 is 2.90 bits per heavy atom. The average molecular weight is 273 g/mol. The van der Waals surface area contributed by atoms with E-state index in [-0.39, 0.29) is 24.2 Å². The minimum Gasteiger partial charge on any atom is -0.273 e. The van der Waals surface area contributed by atoms with Crippen LogP contribution >= 0.6 is 0 Å². The Morgan fingerprint density at radius 1 is 1.50 bits per heavy atom. The van der Waals surface area contributed by atoms with Crippen molar-refractivity contribution < 1.29 is 9.59 Å². The van der Waals surface area contributed by atoms with Crippen LogP contribution < -0.4 is 10.9 Å². The summed E-state index contributed by atoms with van der Waals surface area (Å²) in [6.45, 7) is 1.77. The van der Waals surface area contributed by atoms with Gasteiger partial charge in [-0.05, 0) is 31.0 Å². The molecule has 20 heavy (non-hydrogen) atoms. The zero-order valence-corrected chi connectivity index (χ0v) is 11.0. The number of carbonyl (C=O) groups is 2. The number of carbonyl (C=O) groups excluding carboxylic acids is 2. The van der Waals surface area contributed by atoms with Gasteiger partial charge >= 0.3 is 0 Å². The smallest absolute Gasteiger partial charge is 0.248 e. The van der Waals surface area contributed by atoms with E-state index in [0.29, 0.717) is 12.1 Å². The Labute approximate surface area is 116 Å². The lowest BCUT2D eigenvalue weighted by Gasteiger charge is -2.06. The summed E-state index contributed by atoms with van der Waals surface area (Å²) in [6.07, 6.45) is 5.47. The molecule has 2 amide bonds. The molecule has 2 N–H and O–H groups in total. The molecule has 0 aliphatic carbocycles. The first-order chi connectivity index (χ1) is 9.66. The quantitative estimate of drug-likeness (QED) is 0.601. The number of rotatable bonds is 5. The van der Waals surface area contributed by atoms with Gasteiger partial charge in [-0.3, -0.25) is 14.6 Å². The van der Waals surface area contributed by atoms with Gasteiger partial charge in [0, 0.05) is 24.5 Å². The van der Waals surface area contributed by atoms with Gasteiger partial charge in [0.1, 0.15) is 0 Å². The SMILES string of the molecule is CC1=NNC(=O)C1CCC(=O)NN=Cc1ccncc1. The Morgan fingerprint density at radius 2 is 2.25 bits per heavy atom. The number of pyridine rings is 1. The van der Waals surface area contributed by atoms with Gasteiger partial charge in [0.05, 0.1) is 12.1 Å². The van der Waals surface area contributed by atoms with Gasteiger partial charge in [-0.25, -0.2) is 10.9 Å². The molecule has 0 saturated carbocycles. The summed E-state index contributed by atoms with van der Waals surface area (Å²) in [4.78, 5) is 26.9. The van der Waals surface area contributed by atoms with Crippen molar-refractivity contribution in [1.29, 1.82) is 0 Å². The van der Waals surface area contributed by atoms with E-state index in [1.54, 1.807) is 31.5 Å². The summed E-state index contributed by atoms with van der Waals surface area (Å²) in [5.74, 6) is -0.705. The number of hydrogen-bond donors (Lipinski definition) is 2. The Kier molecular flexibility index (Phi) is 4.54. The van der Waals surface area contributed by atoms with E-state index in [0.717, 1.165) is 5.56 Å². The number of nitrogens with one attached hydrogen (secondary N) is 2. The molecule has 0 bridgehead atoms. The molecule has 1 unspecified atom stereocenters. The molecular weight excluding hydrogens is 258 g/mol. The second-order valence-electron chi connectivity index (χ2n) is 4.39. The van der Waals surface area contributed by atoms with Gasteiger partial charge in [-0.2, -0.15) is 10.2 Å². The molecule has 0 fully saturated rings. The molecule has 1 aliphatic rings. The molecular formula is C13H15N5O2. The van der Waals surface area contributed by atoms with Crippen molar-refractivity contribution in [2.24, 2.45) is 16.1 Å². The maximum atomic E-state index is 11.6. The molecule has 7 heteroatoms. The number of aromatic nitrogens is 1. The van der Waals surface area contributed by atoms with Gasteiger partial charge < -0.3 is 0 Å². The third kappa shape index (κ3) is 3.71. The van der Waals surface area contributed by atoms with Gasteiger partial charge in [0.2, 0.25) is 11.8 Å². The van der Waals surface area contributed by atoms with Crippen molar-refractivity contribution >= 4 is 23.7 Å². The lowest BCUT2D eigenvalue weighted by molar-refractivity contribution is -0.123. The monoisotopic (exact) mass is 273 g/mol. The zero-order chi connectivity index (χ0) is 14.4. The minimum absolute atomic E-state index is 0.157. The van der Waals surface area contributed by atoms with Crippen molar-refractivity contribution in [1.82, 2.24) is 15.8 Å². The summed E-state index contributed by atoms with van der Waals surface area (Å²) in [5, 5.41) is 7.67. The highest BCUT2D eigenvalue weighted by atomic mass is 16.2. The number of amides is 2. The van der Waals surface area contributed by atoms with Crippen LogP contribution in [0.3, 0.4) is 0 Å². The van der Waals surface area contributed by atoms with Gasteiger partial charge in [0.15, 0.2) is 0 Å². The maximum absolute atomic E-state index is 11.6. The largest absolute Gasteiger partial charge is 0.273 e. The fourth-order valence-corrected chi connectivity index (χ4v) is 1.79. The molecule has 104 valence electrons. The molecule has 7 nitrogen and oxygen atoms in total. The number of hydrogen-bond acceptors (Lipinski definition) is 5. The third-order valence-electron chi connectivity index (χ3n) is 2.93. The highest BCUT2D eigenvalue weighted by Crippen LogP contribution is 2.13. The van der Waals surface area contributed by atoms with Gasteiger partial charge in [-0.1, -0.05) is 0 Å². The lowest BCUT2D eigenvalue weighted by atomic mass is 9.99. The van der Waals surface area contributed by atoms with E-state index < -0.39 is 0 Å². The third-order valence-corrected chi connectivity index (χ3v) is 2.93. The van der Waals surface area contributed by atoms with Gasteiger partial charge in [-0.15, -0.1) is 0 Å². The first kappa shape index (κ1) is 13.9. The van der Waals surface area contributed by atoms with Crippen LogP contribution in [0.1, 0.15) is 25.3 Å². The van der Waals surface area contributed by atoms with E-state index in [9.17, 15) is 9.59 Å². The van der Waals surface area contributed by atoms with E-state index in [1.807, 2.05) is 0 Å². The van der Waals surface area contributed by atoms with Crippen LogP contribution in [0.2, 0.25) is 0 Å². The van der Waals surface area contributed by atoms with E-state index in [2.05, 4.69) is 26.0 Å². The summed E-state index contributed by atoms with van der Waals surface area (Å²) in [7, 11) is 0. The van der Waals surface area contributed by atoms with E-state index in [1.165, 1.54) is 6.21 Å². The molecule has 2 heterocycles. The summed E-state index contributed by atoms with van der Waals surface area (Å²) in [5.41, 5.74) is 6.37. The highest BCUT2D eigenvalue weighted by Gasteiger charge is 2.26. The summed E-state index contributed by atoms with van der Waals surface area (Å²) >= 11 is 0. The molecule has 1 atom stereocenters. The van der Waals surface area contributed by atoms with Crippen molar-refractivity contribution in [3.05, 3.63) is 30.1 Å². The van der Waals surface area contributed by atoms with Crippen molar-refractivity contribution in [2.75, 3.05) is 0 Å². The van der Waals surface area contributed by atoms with E-state index in [4.69, 9.17) is 0 Å². The normalized spacial score (nSPS) is 17.9. The Bertz CT molecular complexity index is 553. The molecule has 1 aromatic rings. The molecule has 0 radical (unpaired) electrons. The first-order valence-corrected chi connectivity index (χ1v) is 6.23. The first-order valence-electron chi connectivity index (χ1n) is 6.23. The zero-order valence-electron chi connectivity index (χ0n) is 11.0. The number of nitrogens with zero attached hydrogens (tertiary/aromatic N) is 3. The standard InChI is InChI=1S/C13H15N5O2/c1-9-11(13(20)18-16-9)2-3-12(19)17-15-8-10-4-6-14-7-5-10/h4-8,11H,2-3H2,1H3,(H,17,19)(H,18,20). The summed E-state index contributed by atoms with van der Waals surface area (Å²) < 4.78 is 0. The fourth-order valence-electron chi connectivity index (χ4n) is 1.79. The number of hydrazone groups is 2. The van der Waals surface area contributed by atoms with Gasteiger partial charge in [0.25, 0.3) is 0 Å². The van der Waals surface area contributed by atoms with Crippen molar-refractivity contribution in [3.63, 3.8) is 0 Å². The molecule has 2 rings (SSSR count). The van der Waals surface area contributed by atoms with Crippen LogP contribution in [0.5, 0.6) is 0 Å². The van der Waals surface area contributed by atoms with Crippen LogP contribution in [0.4, 0.5) is 0 Å². The molecule has 0 saturated heterocycles. The van der Waals surface area contributed by atoms with Crippen LogP contribution in [0.15, 0.2) is 34.7 Å². The fraction of sp³-hybridized carbons (Fsp3) is 0.308. The minimum atomic E-state index is -0.315. The van der Waals surface area contributed by atoms with E-state index >= 15 is 0 Å². The Hall–Kier alpha value is -2.57. The summed E-state index contributed by atoms with van der Waals surface area (Å²) in [6, 6.07) is 3.55. The average Bonchev–Trinajstić information content (AvgIpc) is 2.77. The molecule has 0 aromatic carbocycles. The molecule has 1 aromatic heterocycles. The topological polar surface area (TPSA) is 95.8 Å². The van der Waals surface area contributed by atoms with Crippen molar-refractivity contribution in [2.45, 2.75) is 19.8 Å². The van der Waals surface area contributed by atoms with Crippen LogP contribution in [-0.4, -0.2) is 28.7 Å². The lowest BCUT2D eigenvalue weighted by Crippen LogP contribution is -2.25. The van der Waals surface area contributed by atoms with Crippen molar-refractivity contribution in [3.8, 4) is 0 Å². The second-order valence-corrected chi connectivity index (χ2v) is 4.39. The molecule has 0 spiro atoms. The second kappa shape index (κ2) is 6.55. The predicted molar refractivity (Wildman–Crippen MR) is 73.9 cm³/mol. The maximum Gasteiger partial charge on any atom is 0.248 e. The molecule has 1 aliphatic heterocycles. The van der Waals surface area contributed by atoms with Crippen LogP contribution in [-0.2, 0) is 9.59 Å². The Balaban J connectivity index is 1.75.